The van der Waals surface area contributed by atoms with E-state index in [9.17, 15) is 9.59 Å². The first-order chi connectivity index (χ1) is 11.2. The molecular formula is C18H16O5. The van der Waals surface area contributed by atoms with Gasteiger partial charge in [0.2, 0.25) is 0 Å². The Hall–Kier alpha value is -3.08. The second kappa shape index (κ2) is 8.38. The third kappa shape index (κ3) is 5.00. The molecule has 0 spiro atoms. The second-order valence-corrected chi connectivity index (χ2v) is 4.43. The fraction of sp³-hybridized carbons (Fsp3) is 0.111. The lowest BCUT2D eigenvalue weighted by atomic mass is 10.1. The average Bonchev–Trinajstić information content (AvgIpc) is 2.59. The quantitative estimate of drug-likeness (QED) is 0.353. The van der Waals surface area contributed by atoms with Crippen LogP contribution < -0.4 is 4.74 Å². The summed E-state index contributed by atoms with van der Waals surface area (Å²) >= 11 is 0. The first-order valence-electron chi connectivity index (χ1n) is 6.99. The van der Waals surface area contributed by atoms with Gasteiger partial charge in [0.25, 0.3) is 0 Å². The summed E-state index contributed by atoms with van der Waals surface area (Å²) in [6, 6.07) is 16.7. The molecule has 0 radical (unpaired) electrons. The number of ether oxygens (including phenoxy) is 3. The highest BCUT2D eigenvalue weighted by molar-refractivity contribution is 5.81. The molecule has 0 amide bonds. The van der Waals surface area contributed by atoms with E-state index in [1.54, 1.807) is 12.1 Å². The Bertz CT molecular complexity index is 679. The molecule has 0 saturated carbocycles. The number of para-hydroxylation sites is 1. The molecule has 118 valence electrons. The fourth-order valence-electron chi connectivity index (χ4n) is 1.86. The molecule has 0 aliphatic carbocycles. The molecule has 0 aliphatic heterocycles. The van der Waals surface area contributed by atoms with E-state index in [0.29, 0.717) is 5.75 Å². The minimum absolute atomic E-state index is 0.0553. The van der Waals surface area contributed by atoms with Crippen LogP contribution in [0.25, 0.3) is 11.1 Å². The van der Waals surface area contributed by atoms with Crippen molar-refractivity contribution in [3.05, 3.63) is 67.3 Å². The number of esters is 1. The van der Waals surface area contributed by atoms with Crippen molar-refractivity contribution >= 4 is 12.1 Å². The molecule has 0 fully saturated rings. The van der Waals surface area contributed by atoms with E-state index in [-0.39, 0.29) is 13.2 Å². The predicted molar refractivity (Wildman–Crippen MR) is 85.0 cm³/mol. The summed E-state index contributed by atoms with van der Waals surface area (Å²) in [5.41, 5.74) is 1.71. The first kappa shape index (κ1) is 16.3. The summed E-state index contributed by atoms with van der Waals surface area (Å²) in [6.45, 7) is 3.12. The molecule has 2 aromatic rings. The molecule has 5 heteroatoms. The van der Waals surface area contributed by atoms with Gasteiger partial charge in [0.1, 0.15) is 19.0 Å². The standard InChI is InChI=1S/C18H16O5/c1-2-17(19)21-12-13-22-18(20)23-16-11-7-6-10-15(16)14-8-4-3-5-9-14/h2-11H,1,12-13H2. The van der Waals surface area contributed by atoms with Gasteiger partial charge in [-0.2, -0.15) is 0 Å². The highest BCUT2D eigenvalue weighted by Gasteiger charge is 2.11. The summed E-state index contributed by atoms with van der Waals surface area (Å²) in [6.07, 6.45) is 0.178. The molecule has 2 aromatic carbocycles. The molecule has 0 unspecified atom stereocenters. The van der Waals surface area contributed by atoms with Crippen LogP contribution in [0.1, 0.15) is 0 Å². The van der Waals surface area contributed by atoms with Crippen LogP contribution in [0.5, 0.6) is 5.75 Å². The monoisotopic (exact) mass is 312 g/mol. The number of rotatable bonds is 6. The van der Waals surface area contributed by atoms with Crippen LogP contribution in [0.4, 0.5) is 4.79 Å². The summed E-state index contributed by atoms with van der Waals surface area (Å²) in [4.78, 5) is 22.5. The predicted octanol–water partition coefficient (Wildman–Crippen LogP) is 3.60. The van der Waals surface area contributed by atoms with Crippen LogP contribution >= 0.6 is 0 Å². The second-order valence-electron chi connectivity index (χ2n) is 4.43. The van der Waals surface area contributed by atoms with E-state index in [2.05, 4.69) is 6.58 Å². The molecule has 0 N–H and O–H groups in total. The molecule has 0 aromatic heterocycles. The zero-order valence-corrected chi connectivity index (χ0v) is 12.4. The van der Waals surface area contributed by atoms with Crippen molar-refractivity contribution in [2.24, 2.45) is 0 Å². The molecule has 0 saturated heterocycles. The van der Waals surface area contributed by atoms with E-state index in [1.807, 2.05) is 42.5 Å². The Morgan fingerprint density at radius 2 is 1.57 bits per heavy atom. The number of carbonyl (C=O) groups is 2. The van der Waals surface area contributed by atoms with Gasteiger partial charge in [-0.05, 0) is 11.6 Å². The highest BCUT2D eigenvalue weighted by Crippen LogP contribution is 2.29. The van der Waals surface area contributed by atoms with Crippen molar-refractivity contribution in [3.63, 3.8) is 0 Å². The van der Waals surface area contributed by atoms with Crippen LogP contribution in [0.2, 0.25) is 0 Å². The Morgan fingerprint density at radius 1 is 0.913 bits per heavy atom. The van der Waals surface area contributed by atoms with Gasteiger partial charge in [-0.1, -0.05) is 55.1 Å². The third-order valence-corrected chi connectivity index (χ3v) is 2.88. The number of hydrogen-bond donors (Lipinski definition) is 0. The maximum Gasteiger partial charge on any atom is 0.513 e. The van der Waals surface area contributed by atoms with Crippen LogP contribution in [-0.2, 0) is 14.3 Å². The largest absolute Gasteiger partial charge is 0.513 e. The van der Waals surface area contributed by atoms with Gasteiger partial charge in [-0.3, -0.25) is 0 Å². The lowest BCUT2D eigenvalue weighted by Gasteiger charge is -2.10. The van der Waals surface area contributed by atoms with Crippen LogP contribution in [0, 0.1) is 0 Å². The summed E-state index contributed by atoms with van der Waals surface area (Å²) in [5, 5.41) is 0. The van der Waals surface area contributed by atoms with E-state index in [0.717, 1.165) is 17.2 Å². The number of benzene rings is 2. The third-order valence-electron chi connectivity index (χ3n) is 2.88. The Balaban J connectivity index is 1.94. The zero-order valence-electron chi connectivity index (χ0n) is 12.4. The van der Waals surface area contributed by atoms with Gasteiger partial charge >= 0.3 is 12.1 Å². The fourth-order valence-corrected chi connectivity index (χ4v) is 1.86. The zero-order chi connectivity index (χ0) is 16.5. The highest BCUT2D eigenvalue weighted by atomic mass is 16.7. The van der Waals surface area contributed by atoms with Crippen molar-refractivity contribution < 1.29 is 23.8 Å². The van der Waals surface area contributed by atoms with E-state index in [1.165, 1.54) is 0 Å². The smallest absolute Gasteiger partial charge is 0.459 e. The number of hydrogen-bond acceptors (Lipinski definition) is 5. The van der Waals surface area contributed by atoms with E-state index < -0.39 is 12.1 Å². The van der Waals surface area contributed by atoms with Gasteiger partial charge in [-0.25, -0.2) is 9.59 Å². The van der Waals surface area contributed by atoms with Gasteiger partial charge in [0.05, 0.1) is 0 Å². The first-order valence-corrected chi connectivity index (χ1v) is 6.99. The lowest BCUT2D eigenvalue weighted by Crippen LogP contribution is -2.16. The molecule has 2 rings (SSSR count). The van der Waals surface area contributed by atoms with Gasteiger partial charge in [0.15, 0.2) is 0 Å². The molecule has 0 atom stereocenters. The normalized spacial score (nSPS) is 9.74. The van der Waals surface area contributed by atoms with Crippen molar-refractivity contribution in [2.75, 3.05) is 13.2 Å². The summed E-state index contributed by atoms with van der Waals surface area (Å²) in [5.74, 6) is -0.178. The Kier molecular flexibility index (Phi) is 5.94. The van der Waals surface area contributed by atoms with E-state index in [4.69, 9.17) is 14.2 Å². The van der Waals surface area contributed by atoms with Gasteiger partial charge in [0, 0.05) is 11.6 Å². The minimum atomic E-state index is -0.858. The van der Waals surface area contributed by atoms with E-state index >= 15 is 0 Å². The molecule has 0 aliphatic rings. The summed E-state index contributed by atoms with van der Waals surface area (Å²) in [7, 11) is 0. The SMILES string of the molecule is C=CC(=O)OCCOC(=O)Oc1ccccc1-c1ccccc1. The van der Waals surface area contributed by atoms with Crippen LogP contribution in [0.3, 0.4) is 0 Å². The van der Waals surface area contributed by atoms with Crippen molar-refractivity contribution in [1.82, 2.24) is 0 Å². The van der Waals surface area contributed by atoms with Crippen LogP contribution in [0.15, 0.2) is 67.3 Å². The molecule has 0 heterocycles. The molecule has 5 nitrogen and oxygen atoms in total. The minimum Gasteiger partial charge on any atom is -0.459 e. The number of carbonyl (C=O) groups excluding carboxylic acids is 2. The lowest BCUT2D eigenvalue weighted by molar-refractivity contribution is -0.138. The Labute approximate surface area is 134 Å². The average molecular weight is 312 g/mol. The van der Waals surface area contributed by atoms with Gasteiger partial charge < -0.3 is 14.2 Å². The maximum atomic E-state index is 11.7. The van der Waals surface area contributed by atoms with Gasteiger partial charge in [-0.15, -0.1) is 0 Å². The van der Waals surface area contributed by atoms with Crippen molar-refractivity contribution in [2.45, 2.75) is 0 Å². The van der Waals surface area contributed by atoms with Crippen molar-refractivity contribution in [3.8, 4) is 16.9 Å². The topological polar surface area (TPSA) is 61.8 Å². The van der Waals surface area contributed by atoms with Crippen molar-refractivity contribution in [1.29, 1.82) is 0 Å². The molecular weight excluding hydrogens is 296 g/mol. The Morgan fingerprint density at radius 3 is 2.30 bits per heavy atom. The molecule has 23 heavy (non-hydrogen) atoms. The molecule has 0 bridgehead atoms. The van der Waals surface area contributed by atoms with Crippen LogP contribution in [-0.4, -0.2) is 25.3 Å². The maximum absolute atomic E-state index is 11.7. The summed E-state index contributed by atoms with van der Waals surface area (Å²) < 4.78 is 14.8.